The van der Waals surface area contributed by atoms with Gasteiger partial charge in [0.05, 0.1) is 68.8 Å². The molecule has 12 N–H and O–H groups in total. The van der Waals surface area contributed by atoms with Crippen LogP contribution in [0.3, 0.4) is 0 Å². The van der Waals surface area contributed by atoms with Gasteiger partial charge in [-0.25, -0.2) is 38.1 Å². The van der Waals surface area contributed by atoms with Crippen molar-refractivity contribution in [3.05, 3.63) is 292 Å². The number of halogens is 1. The van der Waals surface area contributed by atoms with E-state index in [2.05, 4.69) is 78.5 Å². The molecule has 0 amide bonds. The Morgan fingerprint density at radius 2 is 0.655 bits per heavy atom. The van der Waals surface area contributed by atoms with Crippen LogP contribution >= 0.6 is 0 Å². The normalized spacial score (nSPS) is 15.4. The van der Waals surface area contributed by atoms with Crippen LogP contribution in [0.15, 0.2) is 251 Å². The Bertz CT molecular complexity index is 8870. The topological polar surface area (TPSA) is 586 Å². The summed E-state index contributed by atoms with van der Waals surface area (Å²) in [7, 11) is -31.8. The maximum Gasteiger partial charge on any atom is 0.286 e. The Kier molecular flexibility index (Phi) is 27.7. The Balaban J connectivity index is 0.000000143. The summed E-state index contributed by atoms with van der Waals surface area (Å²) in [6.45, 7) is 14.4. The van der Waals surface area contributed by atoms with Crippen molar-refractivity contribution in [3.8, 4) is 23.0 Å². The molecule has 0 atom stereocenters. The van der Waals surface area contributed by atoms with Crippen LogP contribution in [0.5, 0.6) is 23.0 Å². The van der Waals surface area contributed by atoms with E-state index in [4.69, 9.17) is 0 Å². The second-order valence-electron chi connectivity index (χ2n) is 36.1. The first-order valence-corrected chi connectivity index (χ1v) is 56.6. The number of nitrogens with one attached hydrogen (secondary N) is 8. The zero-order valence-corrected chi connectivity index (χ0v) is 83.8. The minimum atomic E-state index is -4.39. The van der Waals surface area contributed by atoms with Crippen LogP contribution in [0.4, 0.5) is 49.9 Å². The predicted molar refractivity (Wildman–Crippen MR) is 541 cm³/mol. The monoisotopic (exact) mass is 2090 g/mol. The molecule has 40 nitrogen and oxygen atoms in total. The zero-order valence-electron chi connectivity index (χ0n) is 77.2. The molecule has 5 aromatic carbocycles. The summed E-state index contributed by atoms with van der Waals surface area (Å²) in [4.78, 5) is 52.3. The minimum Gasteiger partial charge on any atom is -0.507 e. The number of aromatic hydroxyl groups is 4. The highest BCUT2D eigenvalue weighted by Crippen LogP contribution is 2.42. The quantitative estimate of drug-likeness (QED) is 0.0283. The van der Waals surface area contributed by atoms with E-state index in [1.54, 1.807) is 91.4 Å². The summed E-state index contributed by atoms with van der Waals surface area (Å²) in [6.07, 6.45) is 13.8. The van der Waals surface area contributed by atoms with E-state index < -0.39 is 125 Å². The van der Waals surface area contributed by atoms with Gasteiger partial charge in [0.25, 0.3) is 62.3 Å². The molecule has 1 fully saturated rings. The molecule has 0 spiro atoms. The maximum absolute atomic E-state index is 13.4. The Morgan fingerprint density at radius 1 is 0.387 bits per heavy atom. The molecule has 4 aliphatic heterocycles. The number of sulfonamides is 8. The highest BCUT2D eigenvalue weighted by molar-refractivity contribution is 7.94. The first-order valence-electron chi connectivity index (χ1n) is 43.6. The molecule has 1 aliphatic carbocycles. The zero-order chi connectivity index (χ0) is 103. The van der Waals surface area contributed by atoms with Crippen molar-refractivity contribution in [2.24, 2.45) is 34.8 Å². The average Bonchev–Trinajstić information content (AvgIpc) is 1.00. The van der Waals surface area contributed by atoms with Crippen LogP contribution in [-0.2, 0) is 106 Å². The van der Waals surface area contributed by atoms with Crippen molar-refractivity contribution in [2.45, 2.75) is 131 Å². The van der Waals surface area contributed by atoms with Gasteiger partial charge < -0.3 is 41.7 Å². The number of pyridine rings is 8. The van der Waals surface area contributed by atoms with Crippen LogP contribution in [0.25, 0.3) is 22.1 Å². The minimum absolute atomic E-state index is 0.0143. The van der Waals surface area contributed by atoms with Gasteiger partial charge in [0, 0.05) is 76.2 Å². The third-order valence-corrected chi connectivity index (χ3v) is 31.8. The number of rotatable bonds is 23. The van der Waals surface area contributed by atoms with E-state index in [9.17, 15) is 111 Å². The van der Waals surface area contributed by atoms with Gasteiger partial charge in [-0.1, -0.05) is 84.9 Å². The van der Waals surface area contributed by atoms with E-state index in [1.807, 2.05) is 27.7 Å². The number of benzene rings is 5. The summed E-state index contributed by atoms with van der Waals surface area (Å²) in [5.74, 6) is -2.48. The van der Waals surface area contributed by atoms with Crippen molar-refractivity contribution in [3.63, 3.8) is 0 Å². The molecule has 0 saturated heterocycles. The standard InChI is InChI=1S/C24H19FN4O6S2.C24H26N4O6S2.C23H26N4O6S2.C22H24N4O6S2/c1-36(32,33)27-16-9-10-18-20(13-16)37(34,35)28-23(26-18)21-22(30)17(12-14-5-7-15(25)8-6-14)19-4-2-3-11-29(19)24(21)31;1-14(2)6-10-17-19-5-3-4-12-28(19)24(30)21(22(17)29)23-25-18-11-7-15(13-20(18)36(33,34)27-23)26-35(31,32)16-8-9-16;1-23(2,3)11-10-15-17-7-5-6-12-27(17)22(29)19(20(15)28)21-24-16-9-8-14(25-34(4,30)31)13-18(16)35(32,33)26-21;1-13(2)7-9-15-17-6-4-5-11-26(17)22(28)19(20(15)27)21-23-16-10-8-14(24-33(3,29)30)12-18(16)34(31,32)25-21/h2-11,13,27,30H,12H2,1H3,(H,26,28);3-5,7,11-14,16,26,29H,6,8-10H2,1-2H3,(H,25,27);5-9,12-13,25,28H,10-11H2,1-4H3,(H,24,26);4-6,8,10-13,24,27H,7,9H2,1-3H3,(H,23,25). The number of aromatic nitrogens is 4. The Labute approximate surface area is 814 Å². The molecule has 0 unspecified atom stereocenters. The molecule has 8 aromatic heterocycles. The molecular formula is C93H95FN16O24S8. The SMILES string of the molecule is CC(C)(C)CCc1c(O)c(C2=NS(=O)(=O)c3cc(NS(C)(=O)=O)ccc3N2)c(=O)n2ccccc12.CC(C)CCc1c(O)c(C2=NS(=O)(=O)c3cc(NS(=O)(=O)C4CC4)ccc3N2)c(=O)n2ccccc12.CC(C)CCc1c(O)c(C2=NS(=O)(=O)c3cc(NS(C)(=O)=O)ccc3N2)c(=O)n2ccccc12.CS(=O)(=O)Nc1ccc2c(c1)S(=O)(=O)N=C(c1c(O)c(Cc3ccc(F)cc3)c3ccccn3c1=O)N2. The lowest BCUT2D eigenvalue weighted by atomic mass is 9.88. The number of fused-ring (bicyclic) bond motifs is 8. The fourth-order valence-corrected chi connectivity index (χ4v) is 23.6. The predicted octanol–water partition coefficient (Wildman–Crippen LogP) is 11.2. The second-order valence-corrected chi connectivity index (χ2v) is 49.6. The van der Waals surface area contributed by atoms with Crippen LogP contribution < -0.4 is 62.4 Å². The molecule has 0 bridgehead atoms. The lowest BCUT2D eigenvalue weighted by Crippen LogP contribution is -2.31. The maximum atomic E-state index is 13.4. The van der Waals surface area contributed by atoms with E-state index in [0.29, 0.717) is 100 Å². The van der Waals surface area contributed by atoms with Crippen molar-refractivity contribution in [2.75, 3.05) is 58.9 Å². The van der Waals surface area contributed by atoms with Gasteiger partial charge in [-0.15, -0.1) is 17.6 Å². The van der Waals surface area contributed by atoms with Crippen molar-refractivity contribution in [1.29, 1.82) is 0 Å². The molecule has 5 aliphatic rings. The van der Waals surface area contributed by atoms with Gasteiger partial charge in [-0.05, 0) is 208 Å². The third-order valence-electron chi connectivity index (χ3n) is 22.8. The summed E-state index contributed by atoms with van der Waals surface area (Å²) in [5, 5.41) is 55.5. The number of nitrogens with zero attached hydrogens (tertiary/aromatic N) is 8. The summed E-state index contributed by atoms with van der Waals surface area (Å²) >= 11 is 0. The van der Waals surface area contributed by atoms with Gasteiger partial charge in [0.15, 0.2) is 23.3 Å². The number of hydrogen-bond acceptors (Lipinski definition) is 28. The first kappa shape index (κ1) is 102. The molecule has 1 saturated carbocycles. The van der Waals surface area contributed by atoms with Gasteiger partial charge in [-0.2, -0.15) is 33.7 Å². The first-order chi connectivity index (χ1) is 66.4. The number of aryl methyl sites for hydroxylation is 3. The number of anilines is 8. The van der Waals surface area contributed by atoms with Crippen molar-refractivity contribution >= 4 is 171 Å². The van der Waals surface area contributed by atoms with E-state index >= 15 is 0 Å². The summed E-state index contributed by atoms with van der Waals surface area (Å²) < 4.78 is 241. The van der Waals surface area contributed by atoms with Crippen molar-refractivity contribution < 1.29 is 92.2 Å². The van der Waals surface area contributed by atoms with Gasteiger partial charge in [0.2, 0.25) is 40.1 Å². The second kappa shape index (κ2) is 38.6. The van der Waals surface area contributed by atoms with Gasteiger partial charge >= 0.3 is 0 Å². The molecule has 142 heavy (non-hydrogen) atoms. The van der Waals surface area contributed by atoms with Crippen LogP contribution in [-0.4, -0.2) is 153 Å². The lowest BCUT2D eigenvalue weighted by molar-refractivity contribution is 0.374. The lowest BCUT2D eigenvalue weighted by Gasteiger charge is -2.22. The van der Waals surface area contributed by atoms with Gasteiger partial charge in [0.1, 0.15) is 70.7 Å². The van der Waals surface area contributed by atoms with Crippen LogP contribution in [0.1, 0.15) is 131 Å². The van der Waals surface area contributed by atoms with Crippen molar-refractivity contribution in [1.82, 2.24) is 17.6 Å². The molecule has 49 heteroatoms. The molecule has 0 radical (unpaired) electrons. The number of hydrogen-bond donors (Lipinski definition) is 12. The molecule has 18 rings (SSSR count). The largest absolute Gasteiger partial charge is 0.507 e. The third kappa shape index (κ3) is 22.2. The highest BCUT2D eigenvalue weighted by Gasteiger charge is 2.40. The summed E-state index contributed by atoms with van der Waals surface area (Å²) in [5.41, 5.74) is 1.32. The fraction of sp³-hybridized carbons (Fsp3) is 0.247. The molecule has 13 aromatic rings. The summed E-state index contributed by atoms with van der Waals surface area (Å²) in [6, 6.07) is 41.6. The van der Waals surface area contributed by atoms with E-state index in [-0.39, 0.29) is 134 Å². The Morgan fingerprint density at radius 3 is 0.923 bits per heavy atom. The molecular weight excluding hydrogens is 2000 g/mol. The Hall–Kier alpha value is -14.4. The van der Waals surface area contributed by atoms with Crippen LogP contribution in [0.2, 0.25) is 0 Å². The number of amidine groups is 4. The molecule has 12 heterocycles. The van der Waals surface area contributed by atoms with E-state index in [1.165, 1.54) is 103 Å². The fourth-order valence-electron chi connectivity index (χ4n) is 16.0. The van der Waals surface area contributed by atoms with Gasteiger partial charge in [-0.3, -0.25) is 55.7 Å². The molecule has 746 valence electrons. The van der Waals surface area contributed by atoms with Crippen LogP contribution in [0, 0.1) is 23.1 Å². The highest BCUT2D eigenvalue weighted by atomic mass is 32.2. The average molecular weight is 2100 g/mol. The smallest absolute Gasteiger partial charge is 0.286 e. The van der Waals surface area contributed by atoms with E-state index in [0.717, 1.165) is 49.8 Å².